The maximum atomic E-state index is 14.7. The molecule has 184 valence electrons. The van der Waals surface area contributed by atoms with Crippen LogP contribution in [0.1, 0.15) is 48.4 Å². The van der Waals surface area contributed by atoms with Gasteiger partial charge in [0, 0.05) is 10.9 Å². The fraction of sp³-hybridized carbons (Fsp3) is 0.226. The first-order chi connectivity index (χ1) is 17.4. The lowest BCUT2D eigenvalue weighted by Gasteiger charge is -2.08. The molecule has 0 spiro atoms. The van der Waals surface area contributed by atoms with Crippen LogP contribution in [0.2, 0.25) is 0 Å². The minimum atomic E-state index is -0.939. The second-order valence-corrected chi connectivity index (χ2v) is 8.68. The van der Waals surface area contributed by atoms with E-state index in [2.05, 4.69) is 18.8 Å². The molecule has 0 amide bonds. The number of unbranched alkanes of at least 4 members (excludes halogenated alkanes) is 2. The van der Waals surface area contributed by atoms with E-state index < -0.39 is 23.3 Å². The first kappa shape index (κ1) is 25.3. The minimum Gasteiger partial charge on any atom is -0.494 e. The van der Waals surface area contributed by atoms with Crippen molar-refractivity contribution in [2.45, 2.75) is 39.0 Å². The summed E-state index contributed by atoms with van der Waals surface area (Å²) in [6.45, 7) is 2.84. The summed E-state index contributed by atoms with van der Waals surface area (Å²) in [6, 6.07) is 17.3. The summed E-state index contributed by atoms with van der Waals surface area (Å²) < 4.78 is 62.3. The third-order valence-electron chi connectivity index (χ3n) is 5.98. The van der Waals surface area contributed by atoms with Crippen LogP contribution in [0, 0.1) is 35.1 Å². The molecule has 0 fully saturated rings. The van der Waals surface area contributed by atoms with Crippen molar-refractivity contribution in [3.05, 3.63) is 112 Å². The van der Waals surface area contributed by atoms with E-state index in [4.69, 9.17) is 4.74 Å². The highest BCUT2D eigenvalue weighted by molar-refractivity contribution is 5.84. The van der Waals surface area contributed by atoms with Crippen LogP contribution in [0.3, 0.4) is 0 Å². The van der Waals surface area contributed by atoms with Crippen LogP contribution in [0.25, 0.3) is 10.8 Å². The van der Waals surface area contributed by atoms with E-state index in [1.165, 1.54) is 30.3 Å². The highest BCUT2D eigenvalue weighted by Gasteiger charge is 2.10. The molecule has 0 aliphatic carbocycles. The average Bonchev–Trinajstić information content (AvgIpc) is 2.88. The number of benzene rings is 4. The lowest BCUT2D eigenvalue weighted by Crippen LogP contribution is -1.99. The average molecular weight is 491 g/mol. The molecule has 0 bridgehead atoms. The Bertz CT molecular complexity index is 1390. The zero-order valence-corrected chi connectivity index (χ0v) is 20.0. The molecular formula is C31H26F4O. The van der Waals surface area contributed by atoms with E-state index in [9.17, 15) is 17.6 Å². The van der Waals surface area contributed by atoms with Gasteiger partial charge in [-0.2, -0.15) is 0 Å². The number of hydrogen-bond acceptors (Lipinski definition) is 1. The topological polar surface area (TPSA) is 9.23 Å². The van der Waals surface area contributed by atoms with Crippen LogP contribution in [0.5, 0.6) is 5.75 Å². The summed E-state index contributed by atoms with van der Waals surface area (Å²) in [5.41, 5.74) is 1.70. The van der Waals surface area contributed by atoms with Gasteiger partial charge in [-0.1, -0.05) is 55.9 Å². The van der Waals surface area contributed by atoms with Crippen LogP contribution in [0.15, 0.2) is 66.7 Å². The Morgan fingerprint density at radius 1 is 0.694 bits per heavy atom. The van der Waals surface area contributed by atoms with Crippen molar-refractivity contribution in [2.75, 3.05) is 6.61 Å². The number of aryl methyl sites for hydroxylation is 2. The maximum absolute atomic E-state index is 14.7. The van der Waals surface area contributed by atoms with E-state index in [1.54, 1.807) is 6.07 Å². The SMILES string of the molecule is CCCCCOc1ccc(CCc2cc(F)c(C#Cc3ccc4c(F)c(F)ccc4c3)c(F)c2)cc1. The van der Waals surface area contributed by atoms with Crippen LogP contribution in [-0.2, 0) is 12.8 Å². The lowest BCUT2D eigenvalue weighted by atomic mass is 10.0. The Labute approximate surface area is 208 Å². The molecule has 36 heavy (non-hydrogen) atoms. The number of fused-ring (bicyclic) bond motifs is 1. The Kier molecular flexibility index (Phi) is 8.28. The van der Waals surface area contributed by atoms with Gasteiger partial charge < -0.3 is 4.74 Å². The number of ether oxygens (including phenoxy) is 1. The normalized spacial score (nSPS) is 10.8. The van der Waals surface area contributed by atoms with E-state index in [0.29, 0.717) is 36.0 Å². The largest absolute Gasteiger partial charge is 0.494 e. The summed E-state index contributed by atoms with van der Waals surface area (Å²) in [5.74, 6) is 2.73. The smallest absolute Gasteiger partial charge is 0.166 e. The molecule has 0 atom stereocenters. The molecule has 1 nitrogen and oxygen atoms in total. The van der Waals surface area contributed by atoms with Crippen molar-refractivity contribution in [1.82, 2.24) is 0 Å². The molecule has 0 heterocycles. The Balaban J connectivity index is 1.41. The van der Waals surface area contributed by atoms with Crippen molar-refractivity contribution in [2.24, 2.45) is 0 Å². The number of rotatable bonds is 8. The first-order valence-corrected chi connectivity index (χ1v) is 12.0. The molecule has 0 aliphatic rings. The molecule has 0 unspecified atom stereocenters. The first-order valence-electron chi connectivity index (χ1n) is 12.0. The third-order valence-corrected chi connectivity index (χ3v) is 5.98. The van der Waals surface area contributed by atoms with Gasteiger partial charge in [-0.3, -0.25) is 0 Å². The fourth-order valence-corrected chi connectivity index (χ4v) is 3.95. The Morgan fingerprint density at radius 3 is 2.14 bits per heavy atom. The molecule has 0 aromatic heterocycles. The number of hydrogen-bond donors (Lipinski definition) is 0. The monoisotopic (exact) mass is 490 g/mol. The Morgan fingerprint density at radius 2 is 1.42 bits per heavy atom. The summed E-state index contributed by atoms with van der Waals surface area (Å²) >= 11 is 0. The van der Waals surface area contributed by atoms with Gasteiger partial charge in [-0.05, 0) is 78.2 Å². The quantitative estimate of drug-likeness (QED) is 0.138. The highest BCUT2D eigenvalue weighted by atomic mass is 19.2. The van der Waals surface area contributed by atoms with Crippen molar-refractivity contribution in [3.8, 4) is 17.6 Å². The zero-order chi connectivity index (χ0) is 25.5. The molecule has 4 aromatic rings. The summed E-state index contributed by atoms with van der Waals surface area (Å²) in [4.78, 5) is 0. The summed E-state index contributed by atoms with van der Waals surface area (Å²) in [7, 11) is 0. The number of halogens is 4. The van der Waals surface area contributed by atoms with E-state index >= 15 is 0 Å². The maximum Gasteiger partial charge on any atom is 0.166 e. The third kappa shape index (κ3) is 6.26. The molecule has 0 saturated heterocycles. The predicted molar refractivity (Wildman–Crippen MR) is 135 cm³/mol. The van der Waals surface area contributed by atoms with Crippen molar-refractivity contribution in [3.63, 3.8) is 0 Å². The van der Waals surface area contributed by atoms with Crippen molar-refractivity contribution >= 4 is 10.8 Å². The molecule has 0 aliphatic heterocycles. The second-order valence-electron chi connectivity index (χ2n) is 8.68. The van der Waals surface area contributed by atoms with Gasteiger partial charge in [-0.25, -0.2) is 17.6 Å². The molecule has 4 aromatic carbocycles. The van der Waals surface area contributed by atoms with E-state index in [-0.39, 0.29) is 10.9 Å². The van der Waals surface area contributed by atoms with Crippen LogP contribution in [-0.4, -0.2) is 6.61 Å². The van der Waals surface area contributed by atoms with Gasteiger partial charge in [0.15, 0.2) is 11.6 Å². The Hall–Kier alpha value is -3.78. The van der Waals surface area contributed by atoms with E-state index in [0.717, 1.165) is 36.6 Å². The standard InChI is InChI=1S/C31H26F4O/c1-2-3-4-17-36-25-12-7-21(8-13-25)5-6-23-19-29(33)27(30(34)20-23)15-10-22-9-14-26-24(18-22)11-16-28(32)31(26)35/h7-9,11-14,16,18-20H,2-6,17H2,1H3. The lowest BCUT2D eigenvalue weighted by molar-refractivity contribution is 0.306. The molecule has 0 N–H and O–H groups in total. The molecule has 0 saturated carbocycles. The van der Waals surface area contributed by atoms with Crippen LogP contribution < -0.4 is 4.74 Å². The summed E-state index contributed by atoms with van der Waals surface area (Å²) in [5, 5.41) is 0.574. The fourth-order valence-electron chi connectivity index (χ4n) is 3.95. The highest BCUT2D eigenvalue weighted by Crippen LogP contribution is 2.22. The molecule has 0 radical (unpaired) electrons. The molecule has 4 rings (SSSR count). The van der Waals surface area contributed by atoms with Crippen molar-refractivity contribution < 1.29 is 22.3 Å². The zero-order valence-electron chi connectivity index (χ0n) is 20.0. The summed E-state index contributed by atoms with van der Waals surface area (Å²) in [6.07, 6.45) is 4.42. The molecule has 5 heteroatoms. The van der Waals surface area contributed by atoms with E-state index in [1.807, 2.05) is 24.3 Å². The van der Waals surface area contributed by atoms with Gasteiger partial charge in [0.2, 0.25) is 0 Å². The van der Waals surface area contributed by atoms with Gasteiger partial charge in [0.1, 0.15) is 17.4 Å². The van der Waals surface area contributed by atoms with Crippen molar-refractivity contribution in [1.29, 1.82) is 0 Å². The van der Waals surface area contributed by atoms with Crippen LogP contribution in [0.4, 0.5) is 17.6 Å². The van der Waals surface area contributed by atoms with Gasteiger partial charge >= 0.3 is 0 Å². The van der Waals surface area contributed by atoms with Gasteiger partial charge in [0.25, 0.3) is 0 Å². The van der Waals surface area contributed by atoms with Gasteiger partial charge in [0.05, 0.1) is 12.2 Å². The second kappa shape index (κ2) is 11.8. The van der Waals surface area contributed by atoms with Gasteiger partial charge in [-0.15, -0.1) is 0 Å². The van der Waals surface area contributed by atoms with Crippen LogP contribution >= 0.6 is 0 Å². The molecular weight excluding hydrogens is 464 g/mol. The predicted octanol–water partition coefficient (Wildman–Crippen LogP) is 8.15. The minimum absolute atomic E-state index is 0.122.